The minimum atomic E-state index is -5.37. The molecule has 15 heteroatoms. The molecule has 0 spiro atoms. The summed E-state index contributed by atoms with van der Waals surface area (Å²) in [5, 5.41) is 32.0. The molecule has 0 aromatic carbocycles. The second kappa shape index (κ2) is 26.5. The van der Waals surface area contributed by atoms with Crippen LogP contribution in [0.1, 0.15) is 158 Å². The molecule has 0 saturated carbocycles. The molecule has 1 fully saturated rings. The normalized spacial score (nSPS) is 26.0. The monoisotopic (exact) mass is 801 g/mol. The fourth-order valence-electron chi connectivity index (χ4n) is 7.09. The number of nitrogens with one attached hydrogen (secondary N) is 1. The summed E-state index contributed by atoms with van der Waals surface area (Å²) in [6.07, 6.45) is 12.6. The van der Waals surface area contributed by atoms with Crippen LogP contribution in [0.25, 0.3) is 0 Å². The average molecular weight is 802 g/mol. The van der Waals surface area contributed by atoms with Gasteiger partial charge in [0.25, 0.3) is 0 Å². The molecule has 13 nitrogen and oxygen atoms in total. The van der Waals surface area contributed by atoms with Crippen molar-refractivity contribution in [2.24, 2.45) is 35.5 Å². The largest absolute Gasteiger partial charge is 0.483 e. The Morgan fingerprint density at radius 1 is 0.660 bits per heavy atom. The summed E-state index contributed by atoms with van der Waals surface area (Å²) in [5.41, 5.74) is 0. The first-order valence-corrected chi connectivity index (χ1v) is 23.3. The number of hydrogen-bond donors (Lipinski definition) is 6. The van der Waals surface area contributed by atoms with Gasteiger partial charge in [-0.1, -0.05) is 145 Å². The zero-order valence-corrected chi connectivity index (χ0v) is 35.9. The summed E-state index contributed by atoms with van der Waals surface area (Å²) in [5.74, 6) is 3.37. The molecule has 1 aliphatic rings. The van der Waals surface area contributed by atoms with E-state index in [2.05, 4.69) is 51.2 Å². The fraction of sp³-hybridized carbons (Fsp3) is 0.974. The number of carbonyl (C=O) groups is 1. The lowest BCUT2D eigenvalue weighted by Crippen LogP contribution is -2.64. The third kappa shape index (κ3) is 23.4. The number of phosphoric acid groups is 2. The molecule has 0 aromatic heterocycles. The summed E-state index contributed by atoms with van der Waals surface area (Å²) < 4.78 is 44.4. The molecule has 53 heavy (non-hydrogen) atoms. The first kappa shape index (κ1) is 50.6. The first-order valence-electron chi connectivity index (χ1n) is 20.3. The van der Waals surface area contributed by atoms with E-state index < -0.39 is 58.8 Å². The van der Waals surface area contributed by atoms with Gasteiger partial charge in [-0.05, 0) is 41.9 Å². The standard InChI is InChI=1S/C38H77NO12P2/c1-27(2)14-9-15-28(3)16-10-17-29(4)18-11-19-30(5)20-12-21-31(6)22-13-23-32(7)24-25-48-52(44,45)51-53(46,47)50-38-35(39-33(8)41)37(43)36(42)34(26-40)49-38/h27-32,34-38,40,42-43H,9-26H2,1-8H3,(H,39,41)(H,44,45)(H,46,47)/t28?,29?,30?,31?,32?,34-,35-,36-,37-,38-/m1/s1. The maximum Gasteiger partial charge on any atom is 0.483 e. The van der Waals surface area contributed by atoms with E-state index in [0.717, 1.165) is 49.9 Å². The minimum absolute atomic E-state index is 0.178. The number of ether oxygens (including phenoxy) is 1. The Hall–Kier alpha value is -0.430. The Morgan fingerprint density at radius 3 is 1.43 bits per heavy atom. The molecule has 1 heterocycles. The Balaban J connectivity index is 2.25. The smallest absolute Gasteiger partial charge is 0.394 e. The van der Waals surface area contributed by atoms with Gasteiger partial charge < -0.3 is 35.2 Å². The lowest BCUT2D eigenvalue weighted by Gasteiger charge is -2.42. The summed E-state index contributed by atoms with van der Waals surface area (Å²) in [6, 6.07) is -1.55. The highest BCUT2D eigenvalue weighted by molar-refractivity contribution is 7.61. The van der Waals surface area contributed by atoms with Crippen LogP contribution in [0.5, 0.6) is 0 Å². The summed E-state index contributed by atoms with van der Waals surface area (Å²) >= 11 is 0. The van der Waals surface area contributed by atoms with E-state index in [1.54, 1.807) is 0 Å². The molecule has 1 saturated heterocycles. The Labute approximate surface area is 320 Å². The lowest BCUT2D eigenvalue weighted by atomic mass is 9.89. The molecule has 1 amide bonds. The molecular weight excluding hydrogens is 724 g/mol. The summed E-state index contributed by atoms with van der Waals surface area (Å²) in [7, 11) is -10.4. The topological polar surface area (TPSA) is 201 Å². The van der Waals surface area contributed by atoms with E-state index in [1.807, 2.05) is 6.92 Å². The molecule has 1 rings (SSSR count). The summed E-state index contributed by atoms with van der Waals surface area (Å²) in [4.78, 5) is 31.8. The predicted octanol–water partition coefficient (Wildman–Crippen LogP) is 8.26. The molecular formula is C38H77NO12P2. The van der Waals surface area contributed by atoms with Gasteiger partial charge in [0.1, 0.15) is 24.4 Å². The second-order valence-electron chi connectivity index (χ2n) is 16.8. The van der Waals surface area contributed by atoms with Crippen LogP contribution in [0, 0.1) is 35.5 Å². The minimum Gasteiger partial charge on any atom is -0.394 e. The van der Waals surface area contributed by atoms with E-state index in [-0.39, 0.29) is 12.5 Å². The highest BCUT2D eigenvalue weighted by Crippen LogP contribution is 2.61. The molecule has 0 aromatic rings. The lowest BCUT2D eigenvalue weighted by molar-refractivity contribution is -0.247. The van der Waals surface area contributed by atoms with Crippen LogP contribution >= 0.6 is 15.6 Å². The number of aliphatic hydroxyl groups excluding tert-OH is 3. The van der Waals surface area contributed by atoms with Crippen molar-refractivity contribution in [3.05, 3.63) is 0 Å². The first-order chi connectivity index (χ1) is 24.7. The molecule has 7 unspecified atom stereocenters. The molecule has 316 valence electrons. The van der Waals surface area contributed by atoms with Crippen LogP contribution in [0.2, 0.25) is 0 Å². The van der Waals surface area contributed by atoms with Crippen LogP contribution in [-0.4, -0.2) is 74.9 Å². The van der Waals surface area contributed by atoms with E-state index in [4.69, 9.17) is 13.8 Å². The van der Waals surface area contributed by atoms with Crippen molar-refractivity contribution in [1.82, 2.24) is 5.32 Å². The van der Waals surface area contributed by atoms with Gasteiger partial charge >= 0.3 is 15.6 Å². The van der Waals surface area contributed by atoms with Crippen molar-refractivity contribution in [2.45, 2.75) is 189 Å². The van der Waals surface area contributed by atoms with Gasteiger partial charge in [-0.25, -0.2) is 9.13 Å². The summed E-state index contributed by atoms with van der Waals surface area (Å²) in [6.45, 7) is 16.3. The van der Waals surface area contributed by atoms with E-state index in [0.29, 0.717) is 12.3 Å². The van der Waals surface area contributed by atoms with Crippen LogP contribution in [0.3, 0.4) is 0 Å². The zero-order valence-electron chi connectivity index (χ0n) is 34.1. The molecule has 0 radical (unpaired) electrons. The van der Waals surface area contributed by atoms with Crippen molar-refractivity contribution in [3.8, 4) is 0 Å². The van der Waals surface area contributed by atoms with Crippen LogP contribution in [0.15, 0.2) is 0 Å². The number of aliphatic hydroxyl groups is 3. The molecule has 1 aliphatic heterocycles. The van der Waals surface area contributed by atoms with Gasteiger partial charge in [-0.15, -0.1) is 0 Å². The average Bonchev–Trinajstić information content (AvgIpc) is 3.03. The van der Waals surface area contributed by atoms with Crippen molar-refractivity contribution < 1.29 is 57.1 Å². The van der Waals surface area contributed by atoms with Gasteiger partial charge in [0.15, 0.2) is 6.29 Å². The third-order valence-electron chi connectivity index (χ3n) is 10.6. The maximum atomic E-state index is 12.6. The Bertz CT molecular complexity index is 1080. The molecule has 0 bridgehead atoms. The number of phosphoric ester groups is 2. The van der Waals surface area contributed by atoms with E-state index in [1.165, 1.54) is 77.0 Å². The van der Waals surface area contributed by atoms with Gasteiger partial charge in [0.2, 0.25) is 5.91 Å². The molecule has 0 aliphatic carbocycles. The quantitative estimate of drug-likeness (QED) is 0.0381. The van der Waals surface area contributed by atoms with Crippen molar-refractivity contribution in [1.29, 1.82) is 0 Å². The zero-order chi connectivity index (χ0) is 40.2. The fourth-order valence-corrected chi connectivity index (χ4v) is 9.25. The van der Waals surface area contributed by atoms with Crippen LogP contribution < -0.4 is 5.32 Å². The van der Waals surface area contributed by atoms with Gasteiger partial charge in [0.05, 0.1) is 13.2 Å². The third-order valence-corrected chi connectivity index (χ3v) is 13.2. The van der Waals surface area contributed by atoms with Gasteiger partial charge in [0, 0.05) is 6.92 Å². The highest BCUT2D eigenvalue weighted by Gasteiger charge is 2.49. The number of rotatable bonds is 30. The SMILES string of the molecule is CC(=O)N[C@H]1[C@@H](OP(=O)(O)OP(=O)(O)OCCC(C)CCCC(C)CCCC(C)CCCC(C)CCCC(C)CCCC(C)C)O[C@H](CO)[C@@H](O)[C@@H]1O. The van der Waals surface area contributed by atoms with E-state index in [9.17, 15) is 39.0 Å². The Morgan fingerprint density at radius 2 is 1.06 bits per heavy atom. The van der Waals surface area contributed by atoms with E-state index >= 15 is 0 Å². The van der Waals surface area contributed by atoms with Crippen LogP contribution in [0.4, 0.5) is 0 Å². The second-order valence-corrected chi connectivity index (χ2v) is 19.7. The number of hydrogen-bond acceptors (Lipinski definition) is 10. The van der Waals surface area contributed by atoms with Crippen molar-refractivity contribution in [3.63, 3.8) is 0 Å². The Kier molecular flexibility index (Phi) is 25.3. The van der Waals surface area contributed by atoms with Gasteiger partial charge in [-0.3, -0.25) is 13.8 Å². The van der Waals surface area contributed by atoms with Crippen LogP contribution in [-0.2, 0) is 32.0 Å². The predicted molar refractivity (Wildman–Crippen MR) is 208 cm³/mol. The van der Waals surface area contributed by atoms with Crippen molar-refractivity contribution in [2.75, 3.05) is 13.2 Å². The van der Waals surface area contributed by atoms with Crippen molar-refractivity contribution >= 4 is 21.6 Å². The highest BCUT2D eigenvalue weighted by atomic mass is 31.3. The molecule has 12 atom stereocenters. The number of amides is 1. The number of carbonyl (C=O) groups excluding carboxylic acids is 1. The van der Waals surface area contributed by atoms with Gasteiger partial charge in [-0.2, -0.15) is 4.31 Å². The maximum absolute atomic E-state index is 12.6. The molecule has 6 N–H and O–H groups in total.